The number of aliphatic hydroxyl groups is 1. The number of hydrogen-bond acceptors (Lipinski definition) is 3. The molecule has 2 rings (SSSR count). The zero-order valence-corrected chi connectivity index (χ0v) is 11.6. The first-order valence-corrected chi connectivity index (χ1v) is 6.98. The normalized spacial score (nSPS) is 13.4. The SMILES string of the molecule is Cc1nc(CC(O)Cc2cccc(C(F)(F)F)c2)cs1. The second-order valence-corrected chi connectivity index (χ2v) is 5.68. The largest absolute Gasteiger partial charge is 0.416 e. The maximum absolute atomic E-state index is 12.6. The van der Waals surface area contributed by atoms with Crippen molar-refractivity contribution in [2.75, 3.05) is 0 Å². The summed E-state index contributed by atoms with van der Waals surface area (Å²) in [6, 6.07) is 5.05. The van der Waals surface area contributed by atoms with Gasteiger partial charge in [0.25, 0.3) is 0 Å². The van der Waals surface area contributed by atoms with Gasteiger partial charge in [0.2, 0.25) is 0 Å². The van der Waals surface area contributed by atoms with Gasteiger partial charge in [0, 0.05) is 11.8 Å². The predicted molar refractivity (Wildman–Crippen MR) is 71.7 cm³/mol. The molecule has 0 fully saturated rings. The summed E-state index contributed by atoms with van der Waals surface area (Å²) in [6.45, 7) is 1.87. The third-order valence-corrected chi connectivity index (χ3v) is 3.66. The van der Waals surface area contributed by atoms with Crippen molar-refractivity contribution < 1.29 is 18.3 Å². The second kappa shape index (κ2) is 5.93. The molecule has 0 saturated heterocycles. The summed E-state index contributed by atoms with van der Waals surface area (Å²) in [5, 5.41) is 12.7. The van der Waals surface area contributed by atoms with Crippen LogP contribution in [0.3, 0.4) is 0 Å². The molecule has 1 aromatic heterocycles. The summed E-state index contributed by atoms with van der Waals surface area (Å²) >= 11 is 1.49. The van der Waals surface area contributed by atoms with Gasteiger partial charge < -0.3 is 5.11 Å². The molecule has 0 aliphatic carbocycles. The Kier molecular flexibility index (Phi) is 4.45. The molecule has 0 spiro atoms. The number of thiazole rings is 1. The number of rotatable bonds is 4. The van der Waals surface area contributed by atoms with Crippen LogP contribution in [-0.2, 0) is 19.0 Å². The van der Waals surface area contributed by atoms with E-state index in [1.54, 1.807) is 6.07 Å². The number of aliphatic hydroxyl groups excluding tert-OH is 1. The molecule has 1 unspecified atom stereocenters. The fourth-order valence-electron chi connectivity index (χ4n) is 1.96. The van der Waals surface area contributed by atoms with Crippen molar-refractivity contribution in [2.45, 2.75) is 32.0 Å². The predicted octanol–water partition coefficient (Wildman–Crippen LogP) is 3.62. The van der Waals surface area contributed by atoms with E-state index in [2.05, 4.69) is 4.98 Å². The highest BCUT2D eigenvalue weighted by atomic mass is 32.1. The Bertz CT molecular complexity index is 580. The van der Waals surface area contributed by atoms with E-state index in [9.17, 15) is 18.3 Å². The average Bonchev–Trinajstić information content (AvgIpc) is 2.73. The summed E-state index contributed by atoms with van der Waals surface area (Å²) in [5.74, 6) is 0. The lowest BCUT2D eigenvalue weighted by atomic mass is 10.0. The zero-order valence-electron chi connectivity index (χ0n) is 10.8. The molecular weight excluding hydrogens is 287 g/mol. The van der Waals surface area contributed by atoms with Crippen LogP contribution in [0.15, 0.2) is 29.6 Å². The summed E-state index contributed by atoms with van der Waals surface area (Å²) in [6.07, 6.45) is -4.56. The first kappa shape index (κ1) is 15.0. The average molecular weight is 301 g/mol. The van der Waals surface area contributed by atoms with E-state index in [0.29, 0.717) is 12.0 Å². The molecular formula is C14H14F3NOS. The second-order valence-electron chi connectivity index (χ2n) is 4.62. The molecule has 0 aliphatic heterocycles. The highest BCUT2D eigenvalue weighted by Gasteiger charge is 2.30. The topological polar surface area (TPSA) is 33.1 Å². The zero-order chi connectivity index (χ0) is 14.8. The van der Waals surface area contributed by atoms with Gasteiger partial charge in [0.05, 0.1) is 22.4 Å². The molecule has 0 aliphatic rings. The third kappa shape index (κ3) is 4.05. The molecule has 2 nitrogen and oxygen atoms in total. The molecule has 1 N–H and O–H groups in total. The van der Waals surface area contributed by atoms with E-state index in [4.69, 9.17) is 0 Å². The van der Waals surface area contributed by atoms with E-state index in [1.165, 1.54) is 17.4 Å². The summed E-state index contributed by atoms with van der Waals surface area (Å²) < 4.78 is 37.8. The molecule has 2 aromatic rings. The van der Waals surface area contributed by atoms with Gasteiger partial charge in [-0.05, 0) is 25.0 Å². The molecule has 20 heavy (non-hydrogen) atoms. The number of hydrogen-bond donors (Lipinski definition) is 1. The van der Waals surface area contributed by atoms with Crippen molar-refractivity contribution in [2.24, 2.45) is 0 Å². The van der Waals surface area contributed by atoms with Gasteiger partial charge in [0.15, 0.2) is 0 Å². The Balaban J connectivity index is 2.02. The fourth-order valence-corrected chi connectivity index (χ4v) is 2.59. The highest BCUT2D eigenvalue weighted by molar-refractivity contribution is 7.09. The standard InChI is InChI=1S/C14H14F3NOS/c1-9-18-12(8-20-9)7-13(19)6-10-3-2-4-11(5-10)14(15,16)17/h2-5,8,13,19H,6-7H2,1H3. The molecule has 1 atom stereocenters. The molecule has 1 heterocycles. The molecule has 0 radical (unpaired) electrons. The number of halogens is 3. The monoisotopic (exact) mass is 301 g/mol. The smallest absolute Gasteiger partial charge is 0.392 e. The summed E-state index contributed by atoms with van der Waals surface area (Å²) in [7, 11) is 0. The van der Waals surface area contributed by atoms with Crippen LogP contribution in [0.1, 0.15) is 21.8 Å². The van der Waals surface area contributed by atoms with Crippen molar-refractivity contribution >= 4 is 11.3 Å². The summed E-state index contributed by atoms with van der Waals surface area (Å²) in [5.41, 5.74) is 0.554. The Hall–Kier alpha value is -1.40. The van der Waals surface area contributed by atoms with Crippen LogP contribution in [0.2, 0.25) is 0 Å². The maximum atomic E-state index is 12.6. The van der Waals surface area contributed by atoms with Crippen LogP contribution in [-0.4, -0.2) is 16.2 Å². The van der Waals surface area contributed by atoms with Crippen LogP contribution >= 0.6 is 11.3 Å². The molecule has 108 valence electrons. The fraction of sp³-hybridized carbons (Fsp3) is 0.357. The maximum Gasteiger partial charge on any atom is 0.416 e. The Morgan fingerprint density at radius 2 is 2.05 bits per heavy atom. The first-order chi connectivity index (χ1) is 9.34. The third-order valence-electron chi connectivity index (χ3n) is 2.84. The lowest BCUT2D eigenvalue weighted by Gasteiger charge is -2.12. The van der Waals surface area contributed by atoms with E-state index >= 15 is 0 Å². The van der Waals surface area contributed by atoms with Gasteiger partial charge in [-0.3, -0.25) is 0 Å². The summed E-state index contributed by atoms with van der Waals surface area (Å²) in [4.78, 5) is 4.23. The van der Waals surface area contributed by atoms with E-state index in [0.717, 1.165) is 22.8 Å². The van der Waals surface area contributed by atoms with Crippen molar-refractivity contribution in [1.29, 1.82) is 0 Å². The number of alkyl halides is 3. The van der Waals surface area contributed by atoms with Gasteiger partial charge in [-0.25, -0.2) is 4.98 Å². The minimum atomic E-state index is -4.35. The number of benzene rings is 1. The van der Waals surface area contributed by atoms with Crippen LogP contribution < -0.4 is 0 Å². The number of nitrogens with zero attached hydrogens (tertiary/aromatic N) is 1. The van der Waals surface area contributed by atoms with Crippen molar-refractivity contribution in [1.82, 2.24) is 4.98 Å². The highest BCUT2D eigenvalue weighted by Crippen LogP contribution is 2.29. The van der Waals surface area contributed by atoms with Gasteiger partial charge >= 0.3 is 6.18 Å². The van der Waals surface area contributed by atoms with Crippen molar-refractivity contribution in [3.05, 3.63) is 51.5 Å². The van der Waals surface area contributed by atoms with Crippen LogP contribution in [0.5, 0.6) is 0 Å². The van der Waals surface area contributed by atoms with E-state index in [1.807, 2.05) is 12.3 Å². The number of aryl methyl sites for hydroxylation is 1. The Morgan fingerprint density at radius 1 is 1.30 bits per heavy atom. The van der Waals surface area contributed by atoms with Crippen molar-refractivity contribution in [3.63, 3.8) is 0 Å². The van der Waals surface area contributed by atoms with Gasteiger partial charge in [-0.15, -0.1) is 11.3 Å². The molecule has 0 bridgehead atoms. The lowest BCUT2D eigenvalue weighted by Crippen LogP contribution is -2.15. The quantitative estimate of drug-likeness (QED) is 0.935. The van der Waals surface area contributed by atoms with Gasteiger partial charge in [-0.1, -0.05) is 18.2 Å². The minimum absolute atomic E-state index is 0.181. The van der Waals surface area contributed by atoms with Gasteiger partial charge in [0.1, 0.15) is 0 Å². The van der Waals surface area contributed by atoms with Crippen LogP contribution in [0, 0.1) is 6.92 Å². The van der Waals surface area contributed by atoms with Crippen molar-refractivity contribution in [3.8, 4) is 0 Å². The Morgan fingerprint density at radius 3 is 2.65 bits per heavy atom. The van der Waals surface area contributed by atoms with Crippen LogP contribution in [0.4, 0.5) is 13.2 Å². The minimum Gasteiger partial charge on any atom is -0.392 e. The molecule has 1 aromatic carbocycles. The number of aromatic nitrogens is 1. The first-order valence-electron chi connectivity index (χ1n) is 6.10. The molecule has 0 saturated carbocycles. The molecule has 0 amide bonds. The van der Waals surface area contributed by atoms with Crippen LogP contribution in [0.25, 0.3) is 0 Å². The lowest BCUT2D eigenvalue weighted by molar-refractivity contribution is -0.137. The van der Waals surface area contributed by atoms with E-state index in [-0.39, 0.29) is 6.42 Å². The van der Waals surface area contributed by atoms with E-state index < -0.39 is 17.8 Å². The van der Waals surface area contributed by atoms with Gasteiger partial charge in [-0.2, -0.15) is 13.2 Å². The Labute approximate surface area is 118 Å². The molecule has 6 heteroatoms.